The van der Waals surface area contributed by atoms with E-state index in [4.69, 9.17) is 9.73 Å². The Hall–Kier alpha value is -9.44. The normalized spacial score (nSPS) is 16.6. The number of aromatic nitrogens is 2. The fourth-order valence-electron chi connectivity index (χ4n) is 8.99. The maximum atomic E-state index is 14.8. The number of benzene rings is 4. The van der Waals surface area contributed by atoms with Crippen molar-refractivity contribution in [2.24, 2.45) is 15.4 Å². The molecular weight excluding hydrogens is 995 g/mol. The maximum Gasteiger partial charge on any atom is 0.329 e. The molecule has 0 unspecified atom stereocenters. The van der Waals surface area contributed by atoms with Gasteiger partial charge in [-0.2, -0.15) is 8.78 Å². The van der Waals surface area contributed by atoms with E-state index < -0.39 is 73.0 Å². The van der Waals surface area contributed by atoms with Crippen LogP contribution in [0.1, 0.15) is 41.8 Å². The summed E-state index contributed by atoms with van der Waals surface area (Å²) in [6.45, 7) is -3.53. The molecule has 7 N–H and O–H groups in total. The van der Waals surface area contributed by atoms with Gasteiger partial charge in [0.25, 0.3) is 11.8 Å². The largest absolute Gasteiger partial charge is 0.492 e. The molecule has 394 valence electrons. The fourth-order valence-corrected chi connectivity index (χ4v) is 8.99. The number of alkyl halides is 2. The molecule has 22 heteroatoms. The Morgan fingerprint density at radius 3 is 1.69 bits per heavy atom. The van der Waals surface area contributed by atoms with Crippen molar-refractivity contribution in [2.75, 3.05) is 71.5 Å². The minimum atomic E-state index is -4.20. The lowest BCUT2D eigenvalue weighted by Crippen LogP contribution is -2.53. The minimum Gasteiger partial charge on any atom is -0.492 e. The minimum absolute atomic E-state index is 0.00847. The Bertz CT molecular complexity index is 3320. The number of aliphatic hydroxyl groups excluding tert-OH is 1. The molecule has 4 heterocycles. The second kappa shape index (κ2) is 22.6. The number of hydrogen-bond donors (Lipinski definition) is 7. The number of ether oxygens (including phenoxy) is 1. The number of amides is 6. The number of rotatable bonds is 18. The van der Waals surface area contributed by atoms with Gasteiger partial charge in [0.15, 0.2) is 5.78 Å². The summed E-state index contributed by atoms with van der Waals surface area (Å²) in [7, 11) is 3.43. The zero-order valence-electron chi connectivity index (χ0n) is 41.6. The monoisotopic (exact) mass is 1050 g/mol. The molecule has 0 radical (unpaired) electrons. The van der Waals surface area contributed by atoms with Crippen molar-refractivity contribution >= 4 is 81.0 Å². The molecule has 1 aliphatic carbocycles. The first-order chi connectivity index (χ1) is 37.2. The van der Waals surface area contributed by atoms with Gasteiger partial charge in [0.05, 0.1) is 52.7 Å². The number of pyridine rings is 2. The molecule has 2 aromatic heterocycles. The zero-order chi connectivity index (χ0) is 54.3. The molecule has 6 aromatic rings. The number of anilines is 6. The number of carbonyl (C=O) groups is 6. The van der Waals surface area contributed by atoms with E-state index in [2.05, 4.69) is 46.9 Å². The Morgan fingerprint density at radius 2 is 1.17 bits per heavy atom. The highest BCUT2D eigenvalue weighted by Gasteiger charge is 2.47. The molecular formula is C55H52F2N12O8. The molecule has 4 aromatic carbocycles. The SMILES string of the molecule is CNc1cccc(NC(=O)N[C@@H]2N=C(c3cc(OCC4(C(=O)CN5C(=O)[C@H](NC(=O)Nc6cccc(NC)c6)N=C(c6ccccn6)c6ccccc65)CCC4)ccn3)c3ccccc3N(CC(=O)C(F)(F)CO)C2=O)c1. The number of halogens is 2. The molecule has 6 amide bonds. The van der Waals surface area contributed by atoms with Gasteiger partial charge in [-0.3, -0.25) is 29.1 Å². The average molecular weight is 1050 g/mol. The zero-order valence-corrected chi connectivity index (χ0v) is 41.6. The summed E-state index contributed by atoms with van der Waals surface area (Å²) in [5.41, 5.74) is 3.02. The number of aliphatic hydroxyl groups is 1. The van der Waals surface area contributed by atoms with Crippen LogP contribution in [0.3, 0.4) is 0 Å². The highest BCUT2D eigenvalue weighted by molar-refractivity contribution is 6.22. The van der Waals surface area contributed by atoms with E-state index in [-0.39, 0.29) is 40.8 Å². The van der Waals surface area contributed by atoms with Crippen molar-refractivity contribution in [1.82, 2.24) is 20.6 Å². The third kappa shape index (κ3) is 11.5. The third-order valence-corrected chi connectivity index (χ3v) is 13.3. The van der Waals surface area contributed by atoms with Gasteiger partial charge in [0, 0.05) is 66.4 Å². The van der Waals surface area contributed by atoms with E-state index in [1.54, 1.807) is 117 Å². The van der Waals surface area contributed by atoms with Crippen LogP contribution in [0.2, 0.25) is 0 Å². The molecule has 0 bridgehead atoms. The highest BCUT2D eigenvalue weighted by Crippen LogP contribution is 2.43. The summed E-state index contributed by atoms with van der Waals surface area (Å²) < 4.78 is 35.6. The number of nitrogens with zero attached hydrogens (tertiary/aromatic N) is 6. The lowest BCUT2D eigenvalue weighted by Gasteiger charge is -2.41. The summed E-state index contributed by atoms with van der Waals surface area (Å²) in [6.07, 6.45) is 1.20. The summed E-state index contributed by atoms with van der Waals surface area (Å²) in [4.78, 5) is 105. The standard InChI is InChI=1S/C55H52F2N12O8/c1-58-33-12-9-14-35(26-33)62-52(75)66-48-50(73)68(42-19-5-3-16-38(42)46(64-48)40-18-7-8-24-60-40)29-44(71)54(22-11-23-54)32-77-37-21-25-61-41(28-37)47-39-17-4-6-20-43(39)69(30-45(72)55(56,57)31-70)51(74)49(65-47)67-53(76)63-36-15-10-13-34(27-36)59-2/h3-10,12-21,24-28,48-49,58-59,70H,11,22-23,29-32H2,1-2H3,(H2,62,66,75)(H2,63,67,76)/t48-,49-/m0/s1. The third-order valence-electron chi connectivity index (χ3n) is 13.3. The van der Waals surface area contributed by atoms with Crippen LogP contribution in [-0.4, -0.2) is 121 Å². The molecule has 2 atom stereocenters. The quantitative estimate of drug-likeness (QED) is 0.0505. The number of fused-ring (bicyclic) bond motifs is 2. The lowest BCUT2D eigenvalue weighted by atomic mass is 9.66. The summed E-state index contributed by atoms with van der Waals surface area (Å²) in [5, 5.41) is 25.9. The van der Waals surface area contributed by atoms with Crippen LogP contribution in [0.15, 0.2) is 150 Å². The van der Waals surface area contributed by atoms with E-state index in [9.17, 15) is 42.7 Å². The van der Waals surface area contributed by atoms with Gasteiger partial charge in [0.1, 0.15) is 19.0 Å². The molecule has 9 rings (SSSR count). The molecule has 1 fully saturated rings. The number of urea groups is 2. The second-order valence-corrected chi connectivity index (χ2v) is 18.2. The second-order valence-electron chi connectivity index (χ2n) is 18.2. The number of carbonyl (C=O) groups excluding carboxylic acids is 6. The average Bonchev–Trinajstić information content (AvgIpc) is 3.63. The van der Waals surface area contributed by atoms with E-state index in [1.165, 1.54) is 35.4 Å². The van der Waals surface area contributed by atoms with Crippen molar-refractivity contribution in [3.8, 4) is 5.75 Å². The van der Waals surface area contributed by atoms with E-state index in [0.29, 0.717) is 59.0 Å². The van der Waals surface area contributed by atoms with E-state index >= 15 is 0 Å². The molecule has 1 saturated carbocycles. The maximum absolute atomic E-state index is 14.8. The van der Waals surface area contributed by atoms with Gasteiger partial charge in [0.2, 0.25) is 18.1 Å². The molecule has 0 spiro atoms. The van der Waals surface area contributed by atoms with Gasteiger partial charge in [-0.1, -0.05) is 61.0 Å². The van der Waals surface area contributed by atoms with Crippen LogP contribution < -0.4 is 46.4 Å². The summed E-state index contributed by atoms with van der Waals surface area (Å²) in [6, 6.07) is 33.4. The predicted molar refractivity (Wildman–Crippen MR) is 285 cm³/mol. The topological polar surface area (TPSA) is 261 Å². The van der Waals surface area contributed by atoms with Crippen LogP contribution in [0, 0.1) is 5.41 Å². The smallest absolute Gasteiger partial charge is 0.329 e. The first kappa shape index (κ1) is 52.4. The number of para-hydroxylation sites is 2. The van der Waals surface area contributed by atoms with Crippen molar-refractivity contribution in [3.63, 3.8) is 0 Å². The molecule has 3 aliphatic rings. The number of hydrogen-bond acceptors (Lipinski definition) is 14. The van der Waals surface area contributed by atoms with Crippen LogP contribution in [0.25, 0.3) is 0 Å². The first-order valence-corrected chi connectivity index (χ1v) is 24.4. The van der Waals surface area contributed by atoms with Gasteiger partial charge < -0.3 is 51.5 Å². The summed E-state index contributed by atoms with van der Waals surface area (Å²) in [5.74, 6) is -7.78. The fraction of sp³-hybridized carbons (Fsp3) is 0.236. The van der Waals surface area contributed by atoms with E-state index in [0.717, 1.165) is 10.6 Å². The molecule has 77 heavy (non-hydrogen) atoms. The van der Waals surface area contributed by atoms with Crippen molar-refractivity contribution in [2.45, 2.75) is 37.5 Å². The lowest BCUT2D eigenvalue weighted by molar-refractivity contribution is -0.147. The predicted octanol–water partition coefficient (Wildman–Crippen LogP) is 6.24. The molecule has 20 nitrogen and oxygen atoms in total. The van der Waals surface area contributed by atoms with Gasteiger partial charge in [-0.15, -0.1) is 0 Å². The Morgan fingerprint density at radius 1 is 0.649 bits per heavy atom. The number of ketones is 2. The van der Waals surface area contributed by atoms with Crippen LogP contribution in [-0.2, 0) is 19.2 Å². The Labute approximate surface area is 440 Å². The summed E-state index contributed by atoms with van der Waals surface area (Å²) >= 11 is 0. The number of Topliss-reactive ketones (excluding diaryl/α,β-unsaturated/α-hetero) is 2. The molecule has 0 saturated heterocycles. The van der Waals surface area contributed by atoms with Crippen LogP contribution >= 0.6 is 0 Å². The van der Waals surface area contributed by atoms with Crippen LogP contribution in [0.4, 0.5) is 52.5 Å². The Kier molecular flexibility index (Phi) is 15.4. The first-order valence-electron chi connectivity index (χ1n) is 24.4. The highest BCUT2D eigenvalue weighted by atomic mass is 19.3. The molecule has 2 aliphatic heterocycles. The van der Waals surface area contributed by atoms with Gasteiger partial charge in [-0.05, 0) is 79.6 Å². The van der Waals surface area contributed by atoms with Crippen molar-refractivity contribution < 1.29 is 47.4 Å². The van der Waals surface area contributed by atoms with E-state index in [1.807, 2.05) is 6.07 Å². The number of aliphatic imine (C=N–C) groups is 2. The number of benzodiazepines with no additional fused rings is 2. The number of nitrogens with one attached hydrogen (secondary N) is 6. The van der Waals surface area contributed by atoms with Gasteiger partial charge >= 0.3 is 18.0 Å². The van der Waals surface area contributed by atoms with Crippen molar-refractivity contribution in [3.05, 3.63) is 162 Å². The van der Waals surface area contributed by atoms with Crippen LogP contribution in [0.5, 0.6) is 5.75 Å². The Balaban J connectivity index is 0.992. The van der Waals surface area contributed by atoms with Crippen molar-refractivity contribution in [1.29, 1.82) is 0 Å². The van der Waals surface area contributed by atoms with Gasteiger partial charge in [-0.25, -0.2) is 19.6 Å².